The van der Waals surface area contributed by atoms with Crippen LogP contribution in [0.15, 0.2) is 12.1 Å². The predicted octanol–water partition coefficient (Wildman–Crippen LogP) is 2.57. The van der Waals surface area contributed by atoms with Crippen LogP contribution in [0.1, 0.15) is 12.0 Å². The van der Waals surface area contributed by atoms with Crippen molar-refractivity contribution in [1.82, 2.24) is 0 Å². The molecule has 0 spiro atoms. The average molecular weight is 194 g/mol. The molecular weight excluding hydrogens is 188 g/mol. The maximum absolute atomic E-state index is 12.1. The van der Waals surface area contributed by atoms with Crippen molar-refractivity contribution in [2.45, 2.75) is 6.43 Å². The van der Waals surface area contributed by atoms with Gasteiger partial charge in [0.15, 0.2) is 0 Å². The van der Waals surface area contributed by atoms with Crippen molar-refractivity contribution >= 4 is 17.3 Å². The number of anilines is 1. The minimum absolute atomic E-state index is 0.105. The fraction of sp³-hybridized carbons (Fsp3) is 0.143. The van der Waals surface area contributed by atoms with Crippen LogP contribution in [0.25, 0.3) is 0 Å². The van der Waals surface area contributed by atoms with Gasteiger partial charge in [-0.1, -0.05) is 11.6 Å². The van der Waals surface area contributed by atoms with Crippen LogP contribution in [0.3, 0.4) is 0 Å². The van der Waals surface area contributed by atoms with Gasteiger partial charge in [0, 0.05) is 5.69 Å². The van der Waals surface area contributed by atoms with Crippen LogP contribution in [0.2, 0.25) is 5.02 Å². The van der Waals surface area contributed by atoms with Crippen LogP contribution in [0, 0.1) is 0 Å². The summed E-state index contributed by atoms with van der Waals surface area (Å²) in [5.41, 5.74) is 4.80. The summed E-state index contributed by atoms with van der Waals surface area (Å²) in [4.78, 5) is 0. The molecule has 0 atom stereocenters. The van der Waals surface area contributed by atoms with Gasteiger partial charge in [-0.25, -0.2) is 8.78 Å². The summed E-state index contributed by atoms with van der Waals surface area (Å²) in [6.45, 7) is 0. The van der Waals surface area contributed by atoms with E-state index in [1.165, 1.54) is 6.07 Å². The van der Waals surface area contributed by atoms with E-state index in [2.05, 4.69) is 0 Å². The normalized spacial score (nSPS) is 10.7. The Bertz CT molecular complexity index is 304. The summed E-state index contributed by atoms with van der Waals surface area (Å²) in [5, 5.41) is 8.86. The highest BCUT2D eigenvalue weighted by molar-refractivity contribution is 6.32. The summed E-state index contributed by atoms with van der Waals surface area (Å²) < 4.78 is 24.2. The van der Waals surface area contributed by atoms with Crippen LogP contribution in [-0.2, 0) is 0 Å². The monoisotopic (exact) mass is 193 g/mol. The van der Waals surface area contributed by atoms with E-state index in [1.54, 1.807) is 0 Å². The highest BCUT2D eigenvalue weighted by Gasteiger charge is 2.15. The van der Waals surface area contributed by atoms with E-state index in [9.17, 15) is 8.78 Å². The van der Waals surface area contributed by atoms with Crippen LogP contribution in [-0.4, -0.2) is 5.11 Å². The minimum atomic E-state index is -2.77. The molecule has 0 aliphatic heterocycles. The predicted molar refractivity (Wildman–Crippen MR) is 42.5 cm³/mol. The molecule has 0 fully saturated rings. The largest absolute Gasteiger partial charge is 0.506 e. The molecule has 66 valence electrons. The number of aromatic hydroxyl groups is 1. The molecule has 3 N–H and O–H groups in total. The summed E-state index contributed by atoms with van der Waals surface area (Å²) in [7, 11) is 0. The first-order valence-electron chi connectivity index (χ1n) is 3.08. The van der Waals surface area contributed by atoms with Crippen molar-refractivity contribution in [2.75, 3.05) is 5.73 Å². The molecule has 0 aromatic heterocycles. The molecule has 12 heavy (non-hydrogen) atoms. The van der Waals surface area contributed by atoms with Gasteiger partial charge in [0.1, 0.15) is 5.75 Å². The van der Waals surface area contributed by atoms with Crippen molar-refractivity contribution in [1.29, 1.82) is 0 Å². The number of halogens is 3. The summed E-state index contributed by atoms with van der Waals surface area (Å²) in [6, 6.07) is 2.20. The zero-order valence-electron chi connectivity index (χ0n) is 5.89. The number of benzene rings is 1. The van der Waals surface area contributed by atoms with Gasteiger partial charge in [-0.3, -0.25) is 0 Å². The fourth-order valence-corrected chi connectivity index (χ4v) is 1.04. The van der Waals surface area contributed by atoms with Gasteiger partial charge < -0.3 is 10.8 Å². The Morgan fingerprint density at radius 2 is 2.00 bits per heavy atom. The number of rotatable bonds is 1. The Kier molecular flexibility index (Phi) is 2.38. The molecule has 0 saturated heterocycles. The summed E-state index contributed by atoms with van der Waals surface area (Å²) >= 11 is 5.40. The number of phenolic OH excluding ortho intramolecular Hbond substituents is 1. The van der Waals surface area contributed by atoms with Crippen LogP contribution in [0.4, 0.5) is 14.5 Å². The first-order chi connectivity index (χ1) is 5.52. The Morgan fingerprint density at radius 3 is 2.50 bits per heavy atom. The van der Waals surface area contributed by atoms with Gasteiger partial charge in [0.25, 0.3) is 6.43 Å². The first-order valence-corrected chi connectivity index (χ1v) is 3.46. The molecule has 0 aliphatic rings. The lowest BCUT2D eigenvalue weighted by Crippen LogP contribution is -1.91. The number of nitrogens with two attached hydrogens (primary N) is 1. The lowest BCUT2D eigenvalue weighted by Gasteiger charge is -2.05. The number of nitrogen functional groups attached to an aromatic ring is 1. The molecule has 0 heterocycles. The number of hydrogen-bond donors (Lipinski definition) is 2. The van der Waals surface area contributed by atoms with Crippen molar-refractivity contribution in [3.8, 4) is 5.75 Å². The van der Waals surface area contributed by atoms with E-state index < -0.39 is 17.7 Å². The van der Waals surface area contributed by atoms with Gasteiger partial charge in [-0.15, -0.1) is 0 Å². The summed E-state index contributed by atoms with van der Waals surface area (Å²) in [5.74, 6) is -0.610. The van der Waals surface area contributed by atoms with E-state index in [0.717, 1.165) is 6.07 Å². The second-order valence-corrected chi connectivity index (χ2v) is 2.65. The molecule has 1 aromatic carbocycles. The molecule has 1 aromatic rings. The van der Waals surface area contributed by atoms with Gasteiger partial charge in [0.2, 0.25) is 0 Å². The van der Waals surface area contributed by atoms with E-state index in [1.807, 2.05) is 0 Å². The zero-order valence-corrected chi connectivity index (χ0v) is 6.65. The fourth-order valence-electron chi connectivity index (χ4n) is 0.809. The Labute approximate surface area is 72.6 Å². The molecule has 0 unspecified atom stereocenters. The molecule has 2 nitrogen and oxygen atoms in total. The van der Waals surface area contributed by atoms with E-state index >= 15 is 0 Å². The van der Waals surface area contributed by atoms with Crippen LogP contribution in [0.5, 0.6) is 5.75 Å². The Morgan fingerprint density at radius 1 is 1.42 bits per heavy atom. The van der Waals surface area contributed by atoms with E-state index in [-0.39, 0.29) is 10.7 Å². The third-order valence-electron chi connectivity index (χ3n) is 1.35. The number of alkyl halides is 2. The molecule has 0 aliphatic carbocycles. The number of hydrogen-bond acceptors (Lipinski definition) is 2. The topological polar surface area (TPSA) is 46.2 Å². The van der Waals surface area contributed by atoms with Crippen LogP contribution >= 0.6 is 11.6 Å². The lowest BCUT2D eigenvalue weighted by atomic mass is 10.2. The highest BCUT2D eigenvalue weighted by atomic mass is 35.5. The van der Waals surface area contributed by atoms with Crippen LogP contribution < -0.4 is 5.73 Å². The molecular formula is C7H6ClF2NO. The molecule has 1 rings (SSSR count). The molecule has 0 saturated carbocycles. The Hall–Kier alpha value is -1.03. The smallest absolute Gasteiger partial charge is 0.267 e. The third kappa shape index (κ3) is 1.58. The van der Waals surface area contributed by atoms with Crippen molar-refractivity contribution < 1.29 is 13.9 Å². The maximum atomic E-state index is 12.1. The highest BCUT2D eigenvalue weighted by Crippen LogP contribution is 2.35. The SMILES string of the molecule is Nc1cc(Cl)c(O)c(C(F)F)c1. The van der Waals surface area contributed by atoms with E-state index in [0.29, 0.717) is 0 Å². The van der Waals surface area contributed by atoms with Gasteiger partial charge >= 0.3 is 0 Å². The maximum Gasteiger partial charge on any atom is 0.267 e. The standard InChI is InChI=1S/C7H6ClF2NO/c8-5-2-3(11)1-4(6(5)12)7(9)10/h1-2,7,12H,11H2. The summed E-state index contributed by atoms with van der Waals surface area (Å²) in [6.07, 6.45) is -2.77. The van der Waals surface area contributed by atoms with Gasteiger partial charge in [0.05, 0.1) is 10.6 Å². The molecule has 0 radical (unpaired) electrons. The first kappa shape index (κ1) is 9.06. The van der Waals surface area contributed by atoms with Gasteiger partial charge in [-0.05, 0) is 12.1 Å². The number of phenols is 1. The second-order valence-electron chi connectivity index (χ2n) is 2.24. The average Bonchev–Trinajstić information content (AvgIpc) is 1.96. The van der Waals surface area contributed by atoms with Crippen molar-refractivity contribution in [3.63, 3.8) is 0 Å². The van der Waals surface area contributed by atoms with Crippen molar-refractivity contribution in [2.24, 2.45) is 0 Å². The quantitative estimate of drug-likeness (QED) is 0.532. The minimum Gasteiger partial charge on any atom is -0.506 e. The van der Waals surface area contributed by atoms with Gasteiger partial charge in [-0.2, -0.15) is 0 Å². The second kappa shape index (κ2) is 3.15. The lowest BCUT2D eigenvalue weighted by molar-refractivity contribution is 0.147. The Balaban J connectivity index is 3.28. The molecule has 5 heteroatoms. The zero-order chi connectivity index (χ0) is 9.30. The van der Waals surface area contributed by atoms with E-state index in [4.69, 9.17) is 22.4 Å². The third-order valence-corrected chi connectivity index (χ3v) is 1.64. The molecule has 0 bridgehead atoms. The van der Waals surface area contributed by atoms with Crippen molar-refractivity contribution in [3.05, 3.63) is 22.7 Å². The molecule has 0 amide bonds.